The summed E-state index contributed by atoms with van der Waals surface area (Å²) in [5.74, 6) is 1.01. The first-order chi connectivity index (χ1) is 20.3. The molecule has 1 amide bonds. The molecule has 0 heterocycles. The molecule has 0 saturated carbocycles. The van der Waals surface area contributed by atoms with Crippen molar-refractivity contribution in [3.05, 3.63) is 114 Å². The van der Waals surface area contributed by atoms with Crippen molar-refractivity contribution >= 4 is 27.8 Å². The first-order valence-electron chi connectivity index (χ1n) is 13.3. The average molecular weight is 588 g/mol. The number of benzene rings is 4. The Morgan fingerprint density at radius 2 is 1.62 bits per heavy atom. The maximum absolute atomic E-state index is 13.6. The first-order valence-corrected chi connectivity index (χ1v) is 14.7. The summed E-state index contributed by atoms with van der Waals surface area (Å²) in [6, 6.07) is 28.0. The molecule has 0 aliphatic heterocycles. The zero-order valence-electron chi connectivity index (χ0n) is 23.7. The summed E-state index contributed by atoms with van der Waals surface area (Å²) in [5, 5.41) is 4.03. The number of amides is 1. The zero-order valence-corrected chi connectivity index (χ0v) is 24.5. The summed E-state index contributed by atoms with van der Waals surface area (Å²) < 4.78 is 45.0. The molecule has 0 bridgehead atoms. The van der Waals surface area contributed by atoms with Gasteiger partial charge in [0.1, 0.15) is 18.9 Å². The largest absolute Gasteiger partial charge is 0.494 e. The highest BCUT2D eigenvalue weighted by Gasteiger charge is 2.27. The van der Waals surface area contributed by atoms with Gasteiger partial charge < -0.3 is 14.2 Å². The van der Waals surface area contributed by atoms with E-state index in [4.69, 9.17) is 14.2 Å². The Labute approximate surface area is 246 Å². The summed E-state index contributed by atoms with van der Waals surface area (Å²) in [7, 11) is -2.54. The number of carbonyl (C=O) groups is 1. The Hall–Kier alpha value is -4.83. The van der Waals surface area contributed by atoms with Crippen LogP contribution in [0.3, 0.4) is 0 Å². The van der Waals surface area contributed by atoms with E-state index in [1.807, 2.05) is 44.2 Å². The Morgan fingerprint density at radius 3 is 2.29 bits per heavy atom. The predicted octanol–water partition coefficient (Wildman–Crippen LogP) is 5.33. The van der Waals surface area contributed by atoms with Gasteiger partial charge in [0.2, 0.25) is 0 Å². The van der Waals surface area contributed by atoms with Gasteiger partial charge in [0.25, 0.3) is 15.9 Å². The minimum atomic E-state index is -4.08. The van der Waals surface area contributed by atoms with Gasteiger partial charge in [-0.3, -0.25) is 9.10 Å². The molecule has 0 atom stereocenters. The van der Waals surface area contributed by atoms with Crippen molar-refractivity contribution in [2.45, 2.75) is 25.3 Å². The van der Waals surface area contributed by atoms with Crippen molar-refractivity contribution in [2.24, 2.45) is 5.10 Å². The molecule has 0 aliphatic carbocycles. The second kappa shape index (κ2) is 14.2. The molecule has 10 heteroatoms. The van der Waals surface area contributed by atoms with Crippen LogP contribution in [0.25, 0.3) is 0 Å². The van der Waals surface area contributed by atoms with Gasteiger partial charge in [0.05, 0.1) is 30.5 Å². The van der Waals surface area contributed by atoms with Gasteiger partial charge in [-0.2, -0.15) is 5.10 Å². The monoisotopic (exact) mass is 587 g/mol. The molecule has 4 aromatic carbocycles. The highest BCUT2D eigenvalue weighted by Crippen LogP contribution is 2.29. The molecular weight excluding hydrogens is 554 g/mol. The van der Waals surface area contributed by atoms with Gasteiger partial charge in [0, 0.05) is 0 Å². The summed E-state index contributed by atoms with van der Waals surface area (Å²) in [6.45, 7) is 4.11. The van der Waals surface area contributed by atoms with E-state index in [1.54, 1.807) is 54.6 Å². The van der Waals surface area contributed by atoms with Crippen LogP contribution in [0.4, 0.5) is 5.69 Å². The van der Waals surface area contributed by atoms with Crippen LogP contribution in [0.15, 0.2) is 107 Å². The van der Waals surface area contributed by atoms with Gasteiger partial charge in [-0.25, -0.2) is 13.8 Å². The highest BCUT2D eigenvalue weighted by atomic mass is 32.2. The van der Waals surface area contributed by atoms with E-state index in [-0.39, 0.29) is 4.90 Å². The number of carbonyl (C=O) groups excluding carboxylic acids is 1. The molecule has 4 rings (SSSR count). The number of nitrogens with one attached hydrogen (secondary N) is 1. The van der Waals surface area contributed by atoms with Crippen LogP contribution in [0.2, 0.25) is 0 Å². The average Bonchev–Trinajstić information content (AvgIpc) is 3.00. The molecule has 0 unspecified atom stereocenters. The van der Waals surface area contributed by atoms with Crippen molar-refractivity contribution in [2.75, 3.05) is 24.6 Å². The van der Waals surface area contributed by atoms with Gasteiger partial charge in [-0.15, -0.1) is 0 Å². The summed E-state index contributed by atoms with van der Waals surface area (Å²) in [6.07, 6.45) is 1.44. The smallest absolute Gasteiger partial charge is 0.264 e. The SMILES string of the molecule is CCOc1ccc(S(=O)(=O)N(CC(=O)N/N=C\c2ccc(OCc3ccccc3)c(OC)c2)c2ccc(C)cc2)cc1. The molecule has 0 saturated heterocycles. The topological polar surface area (TPSA) is 107 Å². The number of methoxy groups -OCH3 is 1. The third kappa shape index (κ3) is 7.88. The van der Waals surface area contributed by atoms with E-state index in [0.29, 0.717) is 41.7 Å². The standard InChI is InChI=1S/C32H33N3O6S/c1-4-40-28-15-17-29(18-16-28)42(37,38)35(27-13-10-24(2)11-14-27)22-32(36)34-33-21-26-12-19-30(31(20-26)39-3)41-23-25-8-6-5-7-9-25/h5-21H,4,22-23H2,1-3H3,(H,34,36)/b33-21-. The molecule has 0 fully saturated rings. The van der Waals surface area contributed by atoms with E-state index in [1.165, 1.54) is 25.5 Å². The van der Waals surface area contributed by atoms with E-state index >= 15 is 0 Å². The van der Waals surface area contributed by atoms with Crippen LogP contribution in [0.5, 0.6) is 17.2 Å². The number of anilines is 1. The first kappa shape index (κ1) is 30.1. The van der Waals surface area contributed by atoms with Crippen LogP contribution in [0, 0.1) is 6.92 Å². The lowest BCUT2D eigenvalue weighted by atomic mass is 10.2. The Kier molecular flexibility index (Phi) is 10.2. The molecule has 42 heavy (non-hydrogen) atoms. The van der Waals surface area contributed by atoms with E-state index in [0.717, 1.165) is 15.4 Å². The lowest BCUT2D eigenvalue weighted by Gasteiger charge is -2.24. The minimum absolute atomic E-state index is 0.0319. The van der Waals surface area contributed by atoms with Crippen LogP contribution >= 0.6 is 0 Å². The van der Waals surface area contributed by atoms with E-state index in [2.05, 4.69) is 10.5 Å². The van der Waals surface area contributed by atoms with Crippen LogP contribution in [-0.2, 0) is 21.4 Å². The number of hydrogen-bond acceptors (Lipinski definition) is 7. The number of hydrazone groups is 1. The van der Waals surface area contributed by atoms with Crippen molar-refractivity contribution in [1.82, 2.24) is 5.43 Å². The second-order valence-corrected chi connectivity index (χ2v) is 11.1. The third-order valence-corrected chi connectivity index (χ3v) is 7.95. The quantitative estimate of drug-likeness (QED) is 0.168. The molecule has 4 aromatic rings. The van der Waals surface area contributed by atoms with Gasteiger partial charge in [-0.05, 0) is 79.6 Å². The Bertz CT molecular complexity index is 1610. The Morgan fingerprint density at radius 1 is 0.905 bits per heavy atom. The molecular formula is C32H33N3O6S. The molecule has 0 aromatic heterocycles. The summed E-state index contributed by atoms with van der Waals surface area (Å²) >= 11 is 0. The van der Waals surface area contributed by atoms with Crippen LogP contribution < -0.4 is 23.9 Å². The maximum atomic E-state index is 13.6. The van der Waals surface area contributed by atoms with Gasteiger partial charge >= 0.3 is 0 Å². The maximum Gasteiger partial charge on any atom is 0.264 e. The molecule has 9 nitrogen and oxygen atoms in total. The second-order valence-electron chi connectivity index (χ2n) is 9.23. The summed E-state index contributed by atoms with van der Waals surface area (Å²) in [4.78, 5) is 12.9. The highest BCUT2D eigenvalue weighted by molar-refractivity contribution is 7.92. The van der Waals surface area contributed by atoms with Gasteiger partial charge in [-0.1, -0.05) is 48.0 Å². The van der Waals surface area contributed by atoms with E-state index < -0.39 is 22.5 Å². The number of rotatable bonds is 13. The fourth-order valence-corrected chi connectivity index (χ4v) is 5.41. The molecule has 0 aliphatic rings. The molecule has 218 valence electrons. The van der Waals surface area contributed by atoms with E-state index in [9.17, 15) is 13.2 Å². The number of aryl methyl sites for hydroxylation is 1. The normalized spacial score (nSPS) is 11.2. The van der Waals surface area contributed by atoms with Crippen molar-refractivity contribution in [1.29, 1.82) is 0 Å². The van der Waals surface area contributed by atoms with Crippen molar-refractivity contribution in [3.63, 3.8) is 0 Å². The van der Waals surface area contributed by atoms with Crippen molar-refractivity contribution < 1.29 is 27.4 Å². The summed E-state index contributed by atoms with van der Waals surface area (Å²) in [5.41, 5.74) is 5.41. The molecule has 0 radical (unpaired) electrons. The molecule has 1 N–H and O–H groups in total. The fourth-order valence-electron chi connectivity index (χ4n) is 3.99. The van der Waals surface area contributed by atoms with Crippen LogP contribution in [-0.4, -0.2) is 40.8 Å². The van der Waals surface area contributed by atoms with Crippen LogP contribution in [0.1, 0.15) is 23.6 Å². The van der Waals surface area contributed by atoms with Crippen molar-refractivity contribution in [3.8, 4) is 17.2 Å². The zero-order chi connectivity index (χ0) is 30.0. The fraction of sp³-hybridized carbons (Fsp3) is 0.188. The lowest BCUT2D eigenvalue weighted by Crippen LogP contribution is -2.39. The number of ether oxygens (including phenoxy) is 3. The predicted molar refractivity (Wildman–Crippen MR) is 163 cm³/mol. The number of sulfonamides is 1. The number of nitrogens with zero attached hydrogens (tertiary/aromatic N) is 2. The molecule has 0 spiro atoms. The minimum Gasteiger partial charge on any atom is -0.494 e. The third-order valence-electron chi connectivity index (χ3n) is 6.16. The van der Waals surface area contributed by atoms with Gasteiger partial charge in [0.15, 0.2) is 11.5 Å². The lowest BCUT2D eigenvalue weighted by molar-refractivity contribution is -0.119. The number of hydrogen-bond donors (Lipinski definition) is 1. The Balaban J connectivity index is 1.46.